The monoisotopic (exact) mass is 347 g/mol. The third-order valence-electron chi connectivity index (χ3n) is 1.94. The lowest BCUT2D eigenvalue weighted by Gasteiger charge is -2.09. The highest BCUT2D eigenvalue weighted by Gasteiger charge is 2.08. The van der Waals surface area contributed by atoms with Crippen LogP contribution in [0.3, 0.4) is 0 Å². The summed E-state index contributed by atoms with van der Waals surface area (Å²) in [5, 5.41) is 9.62. The lowest BCUT2D eigenvalue weighted by molar-refractivity contribution is 0.0223. The van der Waals surface area contributed by atoms with Gasteiger partial charge in [-0.25, -0.2) is 0 Å². The molecule has 0 unspecified atom stereocenters. The zero-order chi connectivity index (χ0) is 12.0. The minimum atomic E-state index is 0.196. The van der Waals surface area contributed by atoms with Crippen LogP contribution in [0, 0.1) is 11.3 Å². The number of halogens is 2. The molecule has 1 aromatic carbocycles. The number of alkyl halides is 1. The zero-order valence-corrected chi connectivity index (χ0v) is 12.0. The number of hydrogen-bond donors (Lipinski definition) is 0. The van der Waals surface area contributed by atoms with Crippen molar-refractivity contribution < 1.29 is 9.47 Å². The Morgan fingerprint density at radius 1 is 1.44 bits per heavy atom. The summed E-state index contributed by atoms with van der Waals surface area (Å²) in [4.78, 5) is 0. The fraction of sp³-hybridized carbons (Fsp3) is 0.364. The number of hydrogen-bond acceptors (Lipinski definition) is 3. The molecule has 5 heteroatoms. The van der Waals surface area contributed by atoms with E-state index in [0.29, 0.717) is 23.2 Å². The maximum absolute atomic E-state index is 8.99. The van der Waals surface area contributed by atoms with Crippen LogP contribution < -0.4 is 4.74 Å². The Kier molecular flexibility index (Phi) is 5.81. The number of rotatable bonds is 5. The van der Waals surface area contributed by atoms with Gasteiger partial charge in [-0.3, -0.25) is 0 Å². The lowest BCUT2D eigenvalue weighted by atomic mass is 10.1. The molecule has 3 nitrogen and oxygen atoms in total. The van der Waals surface area contributed by atoms with Gasteiger partial charge in [-0.15, -0.1) is 0 Å². The van der Waals surface area contributed by atoms with Crippen LogP contribution >= 0.6 is 31.9 Å². The average molecular weight is 349 g/mol. The molecule has 0 N–H and O–H groups in total. The van der Waals surface area contributed by atoms with E-state index in [9.17, 15) is 0 Å². The van der Waals surface area contributed by atoms with Crippen molar-refractivity contribution in [2.24, 2.45) is 0 Å². The molecule has 86 valence electrons. The Morgan fingerprint density at radius 3 is 2.75 bits per heavy atom. The Hall–Kier alpha value is -0.570. The number of benzene rings is 1. The molecule has 0 fully saturated rings. The van der Waals surface area contributed by atoms with Crippen molar-refractivity contribution in [3.8, 4) is 11.8 Å². The van der Waals surface area contributed by atoms with Crippen LogP contribution in [0.1, 0.15) is 18.1 Å². The first kappa shape index (κ1) is 13.5. The summed E-state index contributed by atoms with van der Waals surface area (Å²) in [6, 6.07) is 5.68. The topological polar surface area (TPSA) is 42.2 Å². The Bertz CT molecular complexity index is 402. The molecule has 0 aliphatic heterocycles. The minimum absolute atomic E-state index is 0.196. The Morgan fingerprint density at radius 2 is 2.19 bits per heavy atom. The third-order valence-corrected chi connectivity index (χ3v) is 3.20. The summed E-state index contributed by atoms with van der Waals surface area (Å²) in [7, 11) is 0. The molecule has 16 heavy (non-hydrogen) atoms. The summed E-state index contributed by atoms with van der Waals surface area (Å²) in [5.74, 6) is 0.626. The number of nitriles is 1. The van der Waals surface area contributed by atoms with Crippen LogP contribution in [0.5, 0.6) is 5.75 Å². The van der Waals surface area contributed by atoms with Crippen molar-refractivity contribution in [2.45, 2.75) is 12.3 Å². The van der Waals surface area contributed by atoms with E-state index in [0.717, 1.165) is 10.0 Å². The highest BCUT2D eigenvalue weighted by atomic mass is 79.9. The molecule has 0 heterocycles. The van der Waals surface area contributed by atoms with Gasteiger partial charge in [-0.05, 0) is 24.6 Å². The van der Waals surface area contributed by atoms with Crippen molar-refractivity contribution >= 4 is 31.9 Å². The molecule has 0 saturated heterocycles. The second-order valence-corrected chi connectivity index (χ2v) is 4.35. The van der Waals surface area contributed by atoms with Crippen LogP contribution in [0.2, 0.25) is 0 Å². The normalized spacial score (nSPS) is 9.88. The predicted octanol–water partition coefficient (Wildman–Crippen LogP) is 3.59. The molecule has 0 atom stereocenters. The van der Waals surface area contributed by atoms with Crippen molar-refractivity contribution in [2.75, 3.05) is 13.4 Å². The van der Waals surface area contributed by atoms with Crippen LogP contribution in [-0.2, 0) is 10.1 Å². The summed E-state index contributed by atoms with van der Waals surface area (Å²) in [6.45, 7) is 2.70. The zero-order valence-electron chi connectivity index (χ0n) is 8.80. The fourth-order valence-electron chi connectivity index (χ4n) is 1.12. The van der Waals surface area contributed by atoms with E-state index in [1.165, 1.54) is 0 Å². The van der Waals surface area contributed by atoms with Gasteiger partial charge in [0.15, 0.2) is 6.79 Å². The Balaban J connectivity index is 2.89. The van der Waals surface area contributed by atoms with Crippen molar-refractivity contribution in [3.63, 3.8) is 0 Å². The van der Waals surface area contributed by atoms with Gasteiger partial charge in [-0.2, -0.15) is 5.26 Å². The van der Waals surface area contributed by atoms with Gasteiger partial charge in [0.1, 0.15) is 5.75 Å². The van der Waals surface area contributed by atoms with E-state index in [1.807, 2.05) is 13.0 Å². The lowest BCUT2D eigenvalue weighted by Crippen LogP contribution is -2.03. The summed E-state index contributed by atoms with van der Waals surface area (Å²) >= 11 is 6.75. The van der Waals surface area contributed by atoms with E-state index in [1.54, 1.807) is 6.07 Å². The van der Waals surface area contributed by atoms with E-state index < -0.39 is 0 Å². The second-order valence-electron chi connectivity index (χ2n) is 2.93. The molecule has 1 rings (SSSR count). The molecule has 0 aliphatic carbocycles. The molecule has 0 amide bonds. The largest absolute Gasteiger partial charge is 0.467 e. The number of ether oxygens (including phenoxy) is 2. The van der Waals surface area contributed by atoms with Gasteiger partial charge < -0.3 is 9.47 Å². The molecular formula is C11H11Br2NO2. The van der Waals surface area contributed by atoms with Gasteiger partial charge in [0, 0.05) is 16.4 Å². The van der Waals surface area contributed by atoms with E-state index >= 15 is 0 Å². The Labute approximate surface area is 112 Å². The summed E-state index contributed by atoms with van der Waals surface area (Å²) in [6.07, 6.45) is 0. The van der Waals surface area contributed by atoms with Gasteiger partial charge >= 0.3 is 0 Å². The minimum Gasteiger partial charge on any atom is -0.467 e. The SMILES string of the molecule is CCOCOc1cc(Br)c(CBr)c(C#N)c1. The molecule has 0 saturated carbocycles. The maximum Gasteiger partial charge on any atom is 0.189 e. The number of nitrogens with zero attached hydrogens (tertiary/aromatic N) is 1. The molecule has 1 aromatic rings. The molecule has 0 spiro atoms. The van der Waals surface area contributed by atoms with Gasteiger partial charge in [-0.1, -0.05) is 31.9 Å². The quantitative estimate of drug-likeness (QED) is 0.464. The van der Waals surface area contributed by atoms with Gasteiger partial charge in [0.25, 0.3) is 0 Å². The first-order valence-electron chi connectivity index (χ1n) is 4.72. The van der Waals surface area contributed by atoms with Crippen LogP contribution in [0.4, 0.5) is 0 Å². The summed E-state index contributed by atoms with van der Waals surface area (Å²) < 4.78 is 11.3. The molecular weight excluding hydrogens is 338 g/mol. The molecule has 0 aliphatic rings. The average Bonchev–Trinajstić information content (AvgIpc) is 2.28. The van der Waals surface area contributed by atoms with Crippen LogP contribution in [0.15, 0.2) is 16.6 Å². The van der Waals surface area contributed by atoms with E-state index in [-0.39, 0.29) is 6.79 Å². The smallest absolute Gasteiger partial charge is 0.189 e. The van der Waals surface area contributed by atoms with Crippen LogP contribution in [-0.4, -0.2) is 13.4 Å². The van der Waals surface area contributed by atoms with Crippen molar-refractivity contribution in [3.05, 3.63) is 27.7 Å². The van der Waals surface area contributed by atoms with Gasteiger partial charge in [0.05, 0.1) is 11.6 Å². The fourth-order valence-corrected chi connectivity index (χ4v) is 2.68. The van der Waals surface area contributed by atoms with E-state index in [2.05, 4.69) is 37.9 Å². The first-order valence-corrected chi connectivity index (χ1v) is 6.63. The molecule has 0 radical (unpaired) electrons. The third kappa shape index (κ3) is 3.48. The van der Waals surface area contributed by atoms with Crippen molar-refractivity contribution in [1.82, 2.24) is 0 Å². The van der Waals surface area contributed by atoms with E-state index in [4.69, 9.17) is 14.7 Å². The highest BCUT2D eigenvalue weighted by Crippen LogP contribution is 2.28. The van der Waals surface area contributed by atoms with Gasteiger partial charge in [0.2, 0.25) is 0 Å². The van der Waals surface area contributed by atoms with Crippen LogP contribution in [0.25, 0.3) is 0 Å². The standard InChI is InChI=1S/C11H11Br2NO2/c1-2-15-7-16-9-3-8(6-14)10(5-12)11(13)4-9/h3-4H,2,5,7H2,1H3. The molecule has 0 bridgehead atoms. The highest BCUT2D eigenvalue weighted by molar-refractivity contribution is 9.10. The summed E-state index contributed by atoms with van der Waals surface area (Å²) in [5.41, 5.74) is 1.52. The second kappa shape index (κ2) is 6.89. The van der Waals surface area contributed by atoms with Crippen molar-refractivity contribution in [1.29, 1.82) is 5.26 Å². The predicted molar refractivity (Wildman–Crippen MR) is 68.6 cm³/mol. The first-order chi connectivity index (χ1) is 7.72. The molecule has 0 aromatic heterocycles. The maximum atomic E-state index is 8.99.